The summed E-state index contributed by atoms with van der Waals surface area (Å²) in [5.41, 5.74) is 1.61. The van der Waals surface area contributed by atoms with Gasteiger partial charge in [-0.3, -0.25) is 4.79 Å². The number of nitrogens with one attached hydrogen (secondary N) is 1. The molecule has 0 aromatic carbocycles. The van der Waals surface area contributed by atoms with Crippen LogP contribution in [0.1, 0.15) is 25.7 Å². The number of carbonyl (C=O) groups excluding carboxylic acids is 1. The van der Waals surface area contributed by atoms with Crippen molar-refractivity contribution in [2.75, 3.05) is 18.4 Å². The molecule has 2 amide bonds. The molecule has 8 nitrogen and oxygen atoms in total. The van der Waals surface area contributed by atoms with E-state index in [-0.39, 0.29) is 11.3 Å². The van der Waals surface area contributed by atoms with Gasteiger partial charge in [0.15, 0.2) is 0 Å². The number of piperidine rings is 1. The zero-order chi connectivity index (χ0) is 16.7. The first-order chi connectivity index (χ1) is 11.6. The molecule has 2 aliphatic rings. The molecular weight excluding hydrogens is 310 g/mol. The molecule has 3 heterocycles. The molecule has 24 heavy (non-hydrogen) atoms. The average molecular weight is 329 g/mol. The summed E-state index contributed by atoms with van der Waals surface area (Å²) in [6.45, 7) is 1.15. The minimum Gasteiger partial charge on any atom is -0.465 e. The van der Waals surface area contributed by atoms with Crippen LogP contribution in [0.4, 0.5) is 10.5 Å². The van der Waals surface area contributed by atoms with Gasteiger partial charge in [0, 0.05) is 25.7 Å². The lowest BCUT2D eigenvalue weighted by Crippen LogP contribution is -2.38. The normalized spacial score (nSPS) is 21.8. The van der Waals surface area contributed by atoms with Crippen molar-refractivity contribution in [1.29, 1.82) is 0 Å². The fraction of sp³-hybridized carbons (Fsp3) is 0.500. The van der Waals surface area contributed by atoms with E-state index in [9.17, 15) is 9.59 Å². The summed E-state index contributed by atoms with van der Waals surface area (Å²) in [5.74, 6) is 0.338. The SMILES string of the molecule is O=C(CC1CC12CCN(C(=O)O)CC2)Nc1cnn2ncccc12. The van der Waals surface area contributed by atoms with Crippen LogP contribution in [0.15, 0.2) is 24.5 Å². The second-order valence-corrected chi connectivity index (χ2v) is 6.74. The van der Waals surface area contributed by atoms with E-state index in [0.29, 0.717) is 31.1 Å². The molecule has 4 rings (SSSR count). The van der Waals surface area contributed by atoms with Crippen molar-refractivity contribution >= 4 is 23.2 Å². The first-order valence-electron chi connectivity index (χ1n) is 8.14. The smallest absolute Gasteiger partial charge is 0.407 e. The van der Waals surface area contributed by atoms with E-state index in [2.05, 4.69) is 15.5 Å². The second-order valence-electron chi connectivity index (χ2n) is 6.74. The van der Waals surface area contributed by atoms with Gasteiger partial charge in [-0.15, -0.1) is 4.63 Å². The fourth-order valence-electron chi connectivity index (χ4n) is 3.83. The number of carboxylic acid groups (broad SMARTS) is 1. The van der Waals surface area contributed by atoms with Gasteiger partial charge in [0.25, 0.3) is 0 Å². The van der Waals surface area contributed by atoms with E-state index < -0.39 is 6.09 Å². The summed E-state index contributed by atoms with van der Waals surface area (Å²) in [5, 5.41) is 20.1. The Morgan fingerprint density at radius 2 is 2.12 bits per heavy atom. The summed E-state index contributed by atoms with van der Waals surface area (Å²) >= 11 is 0. The van der Waals surface area contributed by atoms with E-state index in [1.54, 1.807) is 18.5 Å². The van der Waals surface area contributed by atoms with Gasteiger partial charge in [0.2, 0.25) is 5.91 Å². The Morgan fingerprint density at radius 3 is 2.88 bits per heavy atom. The molecule has 1 spiro atoms. The lowest BCUT2D eigenvalue weighted by atomic mass is 9.90. The summed E-state index contributed by atoms with van der Waals surface area (Å²) in [4.78, 5) is 24.8. The molecule has 8 heteroatoms. The maximum Gasteiger partial charge on any atom is 0.407 e. The number of likely N-dealkylation sites (tertiary alicyclic amines) is 1. The zero-order valence-electron chi connectivity index (χ0n) is 13.2. The van der Waals surface area contributed by atoms with Crippen LogP contribution >= 0.6 is 0 Å². The van der Waals surface area contributed by atoms with Crippen LogP contribution in [0.3, 0.4) is 0 Å². The van der Waals surface area contributed by atoms with Gasteiger partial charge < -0.3 is 15.3 Å². The highest BCUT2D eigenvalue weighted by Crippen LogP contribution is 2.60. The van der Waals surface area contributed by atoms with E-state index in [4.69, 9.17) is 5.11 Å². The Kier molecular flexibility index (Phi) is 3.40. The number of aromatic nitrogens is 3. The Labute approximate surface area is 138 Å². The number of carbonyl (C=O) groups is 2. The van der Waals surface area contributed by atoms with Crippen molar-refractivity contribution in [2.45, 2.75) is 25.7 Å². The molecule has 1 unspecified atom stereocenters. The van der Waals surface area contributed by atoms with Crippen molar-refractivity contribution in [1.82, 2.24) is 19.7 Å². The zero-order valence-corrected chi connectivity index (χ0v) is 13.2. The Bertz CT molecular complexity index is 794. The van der Waals surface area contributed by atoms with Crippen LogP contribution in [-0.4, -0.2) is 49.9 Å². The minimum absolute atomic E-state index is 0.0173. The fourth-order valence-corrected chi connectivity index (χ4v) is 3.83. The Morgan fingerprint density at radius 1 is 1.33 bits per heavy atom. The predicted octanol–water partition coefficient (Wildman–Crippen LogP) is 1.84. The van der Waals surface area contributed by atoms with Crippen molar-refractivity contribution in [3.05, 3.63) is 24.5 Å². The molecule has 1 saturated carbocycles. The van der Waals surface area contributed by atoms with Crippen LogP contribution in [-0.2, 0) is 4.79 Å². The maximum atomic E-state index is 12.3. The molecule has 0 bridgehead atoms. The quantitative estimate of drug-likeness (QED) is 0.895. The largest absolute Gasteiger partial charge is 0.465 e. The number of amides is 2. The van der Waals surface area contributed by atoms with E-state index in [1.807, 2.05) is 6.07 Å². The number of rotatable bonds is 3. The number of nitrogens with zero attached hydrogens (tertiary/aromatic N) is 4. The van der Waals surface area contributed by atoms with Gasteiger partial charge in [0.1, 0.15) is 5.52 Å². The Balaban J connectivity index is 1.34. The van der Waals surface area contributed by atoms with Crippen LogP contribution in [0.25, 0.3) is 5.52 Å². The van der Waals surface area contributed by atoms with Crippen LogP contribution < -0.4 is 5.32 Å². The lowest BCUT2D eigenvalue weighted by Gasteiger charge is -2.31. The van der Waals surface area contributed by atoms with Gasteiger partial charge in [-0.25, -0.2) is 4.79 Å². The molecule has 126 valence electrons. The molecule has 1 saturated heterocycles. The van der Waals surface area contributed by atoms with Crippen molar-refractivity contribution in [2.24, 2.45) is 11.3 Å². The van der Waals surface area contributed by atoms with Gasteiger partial charge >= 0.3 is 6.09 Å². The topological polar surface area (TPSA) is 99.8 Å². The van der Waals surface area contributed by atoms with Gasteiger partial charge in [-0.2, -0.15) is 10.2 Å². The molecule has 2 aromatic rings. The van der Waals surface area contributed by atoms with E-state index >= 15 is 0 Å². The standard InChI is InChI=1S/C16H19N5O3/c22-14(19-12-10-18-21-13(12)2-1-5-17-21)8-11-9-16(11)3-6-20(7-4-16)15(23)24/h1-2,5,10-11H,3-4,6-9H2,(H,19,22)(H,23,24). The molecule has 2 N–H and O–H groups in total. The molecule has 2 fully saturated rings. The number of fused-ring (bicyclic) bond motifs is 1. The van der Waals surface area contributed by atoms with Crippen LogP contribution in [0, 0.1) is 11.3 Å². The summed E-state index contributed by atoms with van der Waals surface area (Å²) in [7, 11) is 0. The molecular formula is C16H19N5O3. The minimum atomic E-state index is -0.846. The molecule has 2 aromatic heterocycles. The van der Waals surface area contributed by atoms with Crippen molar-refractivity contribution < 1.29 is 14.7 Å². The predicted molar refractivity (Wildman–Crippen MR) is 85.6 cm³/mol. The second kappa shape index (κ2) is 5.47. The first kappa shape index (κ1) is 14.9. The highest BCUT2D eigenvalue weighted by atomic mass is 16.4. The molecule has 1 aliphatic heterocycles. The van der Waals surface area contributed by atoms with Crippen LogP contribution in [0.5, 0.6) is 0 Å². The van der Waals surface area contributed by atoms with Gasteiger partial charge in [-0.05, 0) is 42.7 Å². The average Bonchev–Trinajstić information content (AvgIpc) is 3.05. The highest BCUT2D eigenvalue weighted by molar-refractivity contribution is 5.95. The summed E-state index contributed by atoms with van der Waals surface area (Å²) in [6.07, 6.45) is 5.61. The monoisotopic (exact) mass is 329 g/mol. The molecule has 0 radical (unpaired) electrons. The first-order valence-corrected chi connectivity index (χ1v) is 8.14. The van der Waals surface area contributed by atoms with Crippen molar-refractivity contribution in [3.63, 3.8) is 0 Å². The summed E-state index contributed by atoms with van der Waals surface area (Å²) in [6, 6.07) is 3.66. The Hall–Kier alpha value is -2.64. The molecule has 1 aliphatic carbocycles. The van der Waals surface area contributed by atoms with Gasteiger partial charge in [0.05, 0.1) is 11.9 Å². The number of anilines is 1. The maximum absolute atomic E-state index is 12.3. The number of hydrogen-bond donors (Lipinski definition) is 2. The lowest BCUT2D eigenvalue weighted by molar-refractivity contribution is -0.116. The van der Waals surface area contributed by atoms with Crippen molar-refractivity contribution in [3.8, 4) is 0 Å². The number of hydrogen-bond acceptors (Lipinski definition) is 4. The van der Waals surface area contributed by atoms with Crippen LogP contribution in [0.2, 0.25) is 0 Å². The highest BCUT2D eigenvalue weighted by Gasteiger charge is 2.55. The van der Waals surface area contributed by atoms with E-state index in [1.165, 1.54) is 9.53 Å². The third-order valence-electron chi connectivity index (χ3n) is 5.40. The third-order valence-corrected chi connectivity index (χ3v) is 5.40. The third kappa shape index (κ3) is 2.57. The van der Waals surface area contributed by atoms with E-state index in [0.717, 1.165) is 24.8 Å². The van der Waals surface area contributed by atoms with Gasteiger partial charge in [-0.1, -0.05) is 0 Å². The molecule has 1 atom stereocenters. The summed E-state index contributed by atoms with van der Waals surface area (Å²) < 4.78 is 1.48.